The number of Topliss-reactive ketones (excluding diaryl/α,β-unsaturated/α-hetero) is 1. The average molecular weight is 230 g/mol. The van der Waals surface area contributed by atoms with Crippen LogP contribution in [0.3, 0.4) is 0 Å². The third-order valence-corrected chi connectivity index (χ3v) is 7.69. The molecule has 0 bridgehead atoms. The van der Waals surface area contributed by atoms with Crippen LogP contribution in [0.1, 0.15) is 41.5 Å². The molecule has 0 amide bonds. The molecule has 0 fully saturated rings. The van der Waals surface area contributed by atoms with Gasteiger partial charge in [-0.15, -0.1) is 0 Å². The number of hydrogen-bond donors (Lipinski definition) is 0. The Morgan fingerprint density at radius 2 is 1.60 bits per heavy atom. The molecule has 0 spiro atoms. The third kappa shape index (κ3) is 4.07. The van der Waals surface area contributed by atoms with E-state index in [9.17, 15) is 4.79 Å². The van der Waals surface area contributed by atoms with Crippen molar-refractivity contribution in [2.45, 2.75) is 65.8 Å². The van der Waals surface area contributed by atoms with Gasteiger partial charge in [-0.2, -0.15) is 0 Å². The lowest BCUT2D eigenvalue weighted by molar-refractivity contribution is -0.125. The van der Waals surface area contributed by atoms with E-state index < -0.39 is 8.32 Å². The summed E-state index contributed by atoms with van der Waals surface area (Å²) in [6.45, 7) is 16.6. The number of ketones is 1. The zero-order chi connectivity index (χ0) is 12.4. The van der Waals surface area contributed by atoms with E-state index in [0.29, 0.717) is 0 Å². The Labute approximate surface area is 95.5 Å². The highest BCUT2D eigenvalue weighted by atomic mass is 28.4. The zero-order valence-corrected chi connectivity index (χ0v) is 12.5. The van der Waals surface area contributed by atoms with Gasteiger partial charge >= 0.3 is 0 Å². The average Bonchev–Trinajstić information content (AvgIpc) is 1.96. The minimum atomic E-state index is -1.81. The van der Waals surface area contributed by atoms with E-state index in [4.69, 9.17) is 4.43 Å². The largest absolute Gasteiger partial charge is 0.407 e. The van der Waals surface area contributed by atoms with Gasteiger partial charge in [0.2, 0.25) is 0 Å². The van der Waals surface area contributed by atoms with Crippen molar-refractivity contribution >= 4 is 14.1 Å². The second-order valence-corrected chi connectivity index (χ2v) is 10.9. The highest BCUT2D eigenvalue weighted by Crippen LogP contribution is 2.38. The van der Waals surface area contributed by atoms with E-state index in [2.05, 4.69) is 33.9 Å². The van der Waals surface area contributed by atoms with Crippen molar-refractivity contribution in [3.8, 4) is 0 Å². The van der Waals surface area contributed by atoms with Gasteiger partial charge in [0.25, 0.3) is 0 Å². The van der Waals surface area contributed by atoms with Gasteiger partial charge in [-0.1, -0.05) is 34.6 Å². The van der Waals surface area contributed by atoms with Crippen LogP contribution in [-0.2, 0) is 9.22 Å². The predicted octanol–water partition coefficient (Wildman–Crippen LogP) is 3.62. The molecule has 0 saturated carbocycles. The summed E-state index contributed by atoms with van der Waals surface area (Å²) in [6, 6.07) is 0. The van der Waals surface area contributed by atoms with Crippen molar-refractivity contribution in [3.05, 3.63) is 0 Å². The Bertz CT molecular complexity index is 226. The van der Waals surface area contributed by atoms with Crippen LogP contribution in [0, 0.1) is 5.92 Å². The fourth-order valence-corrected chi connectivity index (χ4v) is 2.61. The van der Waals surface area contributed by atoms with Crippen LogP contribution < -0.4 is 0 Å². The fraction of sp³-hybridized carbons (Fsp3) is 0.917. The van der Waals surface area contributed by atoms with Gasteiger partial charge in [-0.05, 0) is 31.0 Å². The monoisotopic (exact) mass is 230 g/mol. The van der Waals surface area contributed by atoms with Crippen molar-refractivity contribution < 1.29 is 9.22 Å². The number of carbonyl (C=O) groups is 1. The summed E-state index contributed by atoms with van der Waals surface area (Å²) in [5, 5.41) is 0.162. The smallest absolute Gasteiger partial charge is 0.193 e. The summed E-state index contributed by atoms with van der Waals surface area (Å²) in [4.78, 5) is 11.5. The molecule has 3 heteroatoms. The normalized spacial score (nSPS) is 15.5. The predicted molar refractivity (Wildman–Crippen MR) is 67.6 cm³/mol. The quantitative estimate of drug-likeness (QED) is 0.690. The summed E-state index contributed by atoms with van der Waals surface area (Å²) < 4.78 is 6.11. The van der Waals surface area contributed by atoms with Gasteiger partial charge in [0.05, 0.1) is 0 Å². The van der Waals surface area contributed by atoms with Gasteiger partial charge in [0, 0.05) is 0 Å². The maximum Gasteiger partial charge on any atom is 0.193 e. The molecule has 0 aliphatic rings. The molecular formula is C12H26O2Si. The molecule has 2 nitrogen and oxygen atoms in total. The Hall–Kier alpha value is -0.153. The Balaban J connectivity index is 4.75. The summed E-state index contributed by atoms with van der Waals surface area (Å²) in [5.41, 5.74) is 0. The Kier molecular flexibility index (Phi) is 4.74. The van der Waals surface area contributed by atoms with Crippen LogP contribution >= 0.6 is 0 Å². The van der Waals surface area contributed by atoms with Crippen LogP contribution in [0.4, 0.5) is 0 Å². The van der Waals surface area contributed by atoms with E-state index in [0.717, 1.165) is 0 Å². The van der Waals surface area contributed by atoms with Gasteiger partial charge in [0.15, 0.2) is 14.1 Å². The van der Waals surface area contributed by atoms with E-state index in [1.807, 2.05) is 13.8 Å². The first kappa shape index (κ1) is 14.8. The van der Waals surface area contributed by atoms with Crippen molar-refractivity contribution in [2.75, 3.05) is 0 Å². The van der Waals surface area contributed by atoms with Crippen molar-refractivity contribution in [2.24, 2.45) is 5.92 Å². The molecule has 0 radical (unpaired) electrons. The standard InChI is InChI=1S/C12H26O2Si/c1-9(2)11(10(3)13)14-15(7,8)12(4,5)6/h9,11H,1-8H3/t11-/m0/s1. The lowest BCUT2D eigenvalue weighted by Crippen LogP contribution is -2.47. The SMILES string of the molecule is CC(=O)[C@@H](O[Si](C)(C)C(C)(C)C)C(C)C. The molecule has 0 aliphatic heterocycles. The lowest BCUT2D eigenvalue weighted by atomic mass is 10.1. The van der Waals surface area contributed by atoms with E-state index >= 15 is 0 Å². The highest BCUT2D eigenvalue weighted by molar-refractivity contribution is 6.74. The molecule has 0 saturated heterocycles. The van der Waals surface area contributed by atoms with E-state index in [1.54, 1.807) is 6.92 Å². The molecule has 0 aromatic carbocycles. The molecule has 0 aliphatic carbocycles. The van der Waals surface area contributed by atoms with Crippen LogP contribution in [0.2, 0.25) is 18.1 Å². The first-order valence-electron chi connectivity index (χ1n) is 5.67. The van der Waals surface area contributed by atoms with Gasteiger partial charge < -0.3 is 4.43 Å². The maximum absolute atomic E-state index is 11.5. The molecule has 0 aromatic rings. The molecule has 0 rings (SSSR count). The Morgan fingerprint density at radius 3 is 1.80 bits per heavy atom. The topological polar surface area (TPSA) is 26.3 Å². The van der Waals surface area contributed by atoms with Crippen LogP contribution in [0.25, 0.3) is 0 Å². The summed E-state index contributed by atoms with van der Waals surface area (Å²) >= 11 is 0. The second-order valence-electron chi connectivity index (χ2n) is 6.15. The van der Waals surface area contributed by atoms with Gasteiger partial charge in [0.1, 0.15) is 6.10 Å². The molecule has 0 unspecified atom stereocenters. The van der Waals surface area contributed by atoms with Crippen molar-refractivity contribution in [3.63, 3.8) is 0 Å². The summed E-state index contributed by atoms with van der Waals surface area (Å²) in [6.07, 6.45) is -0.231. The minimum absolute atomic E-state index is 0.148. The van der Waals surface area contributed by atoms with Gasteiger partial charge in [-0.3, -0.25) is 4.79 Å². The molecule has 1 atom stereocenters. The maximum atomic E-state index is 11.5. The second kappa shape index (κ2) is 4.79. The van der Waals surface area contributed by atoms with Gasteiger partial charge in [-0.25, -0.2) is 0 Å². The fourth-order valence-electron chi connectivity index (χ4n) is 1.18. The van der Waals surface area contributed by atoms with Crippen LogP contribution in [-0.4, -0.2) is 20.2 Å². The first-order valence-corrected chi connectivity index (χ1v) is 8.58. The highest BCUT2D eigenvalue weighted by Gasteiger charge is 2.40. The molecule has 0 N–H and O–H groups in total. The van der Waals surface area contributed by atoms with Crippen LogP contribution in [0.15, 0.2) is 0 Å². The summed E-state index contributed by atoms with van der Waals surface area (Å²) in [5.74, 6) is 0.409. The van der Waals surface area contributed by atoms with Crippen molar-refractivity contribution in [1.82, 2.24) is 0 Å². The minimum Gasteiger partial charge on any atom is -0.407 e. The van der Waals surface area contributed by atoms with E-state index in [-0.39, 0.29) is 22.8 Å². The molecule has 0 heterocycles. The van der Waals surface area contributed by atoms with Crippen LogP contribution in [0.5, 0.6) is 0 Å². The number of carbonyl (C=O) groups excluding carboxylic acids is 1. The van der Waals surface area contributed by atoms with E-state index in [1.165, 1.54) is 0 Å². The molecule has 0 aromatic heterocycles. The molecule has 15 heavy (non-hydrogen) atoms. The lowest BCUT2D eigenvalue weighted by Gasteiger charge is -2.39. The first-order chi connectivity index (χ1) is 6.49. The number of rotatable bonds is 4. The van der Waals surface area contributed by atoms with Crippen molar-refractivity contribution in [1.29, 1.82) is 0 Å². The number of hydrogen-bond acceptors (Lipinski definition) is 2. The summed E-state index contributed by atoms with van der Waals surface area (Å²) in [7, 11) is -1.81. The Morgan fingerprint density at radius 1 is 1.20 bits per heavy atom. The third-order valence-electron chi connectivity index (χ3n) is 3.23. The zero-order valence-electron chi connectivity index (χ0n) is 11.5. The molecular weight excluding hydrogens is 204 g/mol. The molecule has 90 valence electrons.